The highest BCUT2D eigenvalue weighted by Gasteiger charge is 2.49. The third kappa shape index (κ3) is 16.1. The summed E-state index contributed by atoms with van der Waals surface area (Å²) in [5, 5.41) is 2.06. The van der Waals surface area contributed by atoms with Crippen molar-refractivity contribution in [3.63, 3.8) is 0 Å². The summed E-state index contributed by atoms with van der Waals surface area (Å²) in [6, 6.07) is 9.63. The van der Waals surface area contributed by atoms with Crippen molar-refractivity contribution in [2.24, 2.45) is 0 Å². The van der Waals surface area contributed by atoms with Crippen LogP contribution in [0.5, 0.6) is 0 Å². The number of aryl methyl sites for hydroxylation is 2. The Morgan fingerprint density at radius 3 is 1.45 bits per heavy atom. The van der Waals surface area contributed by atoms with E-state index in [1.807, 2.05) is 0 Å². The molecule has 80 heavy (non-hydrogen) atoms. The quantitative estimate of drug-likeness (QED) is 0.0650. The molecule has 0 spiro atoms. The maximum absolute atomic E-state index is 14.7. The molecule has 0 saturated carbocycles. The van der Waals surface area contributed by atoms with Crippen LogP contribution in [0.3, 0.4) is 0 Å². The number of rotatable bonds is 13. The van der Waals surface area contributed by atoms with Crippen molar-refractivity contribution in [3.05, 3.63) is 155 Å². The highest BCUT2D eigenvalue weighted by atomic mass is 35.7. The van der Waals surface area contributed by atoms with E-state index in [2.05, 4.69) is 44.9 Å². The molecular formula is C50H42Cl2F10N10O6S2. The maximum atomic E-state index is 14.7. The Hall–Kier alpha value is -7.08. The van der Waals surface area contributed by atoms with Gasteiger partial charge in [-0.3, -0.25) is 9.59 Å². The number of hydrogen-bond donors (Lipinski definition) is 1. The Morgan fingerprint density at radius 2 is 1.07 bits per heavy atom. The monoisotopic (exact) mass is 1200 g/mol. The molecular weight excluding hydrogens is 1160 g/mol. The lowest BCUT2D eigenvalue weighted by Crippen LogP contribution is -2.45. The van der Waals surface area contributed by atoms with Crippen LogP contribution in [-0.4, -0.2) is 99.1 Å². The second-order valence-electron chi connectivity index (χ2n) is 17.6. The molecule has 2 aliphatic heterocycles. The summed E-state index contributed by atoms with van der Waals surface area (Å²) in [6.07, 6.45) is -6.50. The zero-order valence-electron chi connectivity index (χ0n) is 41.3. The number of carbonyl (C=O) groups is 2. The summed E-state index contributed by atoms with van der Waals surface area (Å²) in [4.78, 5) is 52.6. The van der Waals surface area contributed by atoms with E-state index in [9.17, 15) is 70.3 Å². The average Bonchev–Trinajstić information content (AvgIpc) is 4.12. The molecule has 6 atom stereocenters. The zero-order valence-corrected chi connectivity index (χ0v) is 44.5. The lowest BCUT2D eigenvalue weighted by atomic mass is 9.98. The minimum atomic E-state index is -4.71. The van der Waals surface area contributed by atoms with Crippen LogP contribution in [0.2, 0.25) is 0 Å². The molecule has 6 heterocycles. The second kappa shape index (κ2) is 26.5. The topological polar surface area (TPSA) is 204 Å². The van der Waals surface area contributed by atoms with Crippen molar-refractivity contribution < 1.29 is 70.3 Å². The van der Waals surface area contributed by atoms with Crippen LogP contribution < -0.4 is 5.32 Å². The second-order valence-corrected chi connectivity index (χ2v) is 21.9. The van der Waals surface area contributed by atoms with Gasteiger partial charge in [-0.1, -0.05) is 36.4 Å². The number of Topliss-reactive ketones (excluding diaryl/α,β-unsaturated/α-hetero) is 2. The van der Waals surface area contributed by atoms with Crippen LogP contribution >= 0.6 is 23.1 Å². The van der Waals surface area contributed by atoms with Crippen molar-refractivity contribution >= 4 is 65.1 Å². The van der Waals surface area contributed by atoms with Crippen LogP contribution in [0, 0.1) is 24.8 Å². The number of benzene rings is 2. The molecule has 6 aromatic rings. The number of nitrogens with one attached hydrogen (secondary N) is 1. The van der Waals surface area contributed by atoms with Gasteiger partial charge in [0.25, 0.3) is 19.1 Å². The van der Waals surface area contributed by atoms with Gasteiger partial charge in [0.2, 0.25) is 11.6 Å². The van der Waals surface area contributed by atoms with E-state index >= 15 is 0 Å². The van der Waals surface area contributed by atoms with Crippen molar-refractivity contribution in [1.82, 2.24) is 39.5 Å². The van der Waals surface area contributed by atoms with Gasteiger partial charge in [-0.15, -0.1) is 12.4 Å². The lowest BCUT2D eigenvalue weighted by molar-refractivity contribution is -0.145. The van der Waals surface area contributed by atoms with Gasteiger partial charge in [-0.05, 0) is 73.2 Å². The van der Waals surface area contributed by atoms with Gasteiger partial charge in [0.05, 0.1) is 43.7 Å². The summed E-state index contributed by atoms with van der Waals surface area (Å²) < 4.78 is 178. The number of nitrogens with zero attached hydrogens (tertiary/aromatic N) is 9. The molecule has 424 valence electrons. The molecule has 2 saturated heterocycles. The first-order chi connectivity index (χ1) is 37.0. The van der Waals surface area contributed by atoms with Gasteiger partial charge in [0.1, 0.15) is 29.8 Å². The standard InChI is InChI=1S/C25H20F5N5O3S.C20H18F4N4O.C5H3ClFNO2S.ClH/c1-14-19(27)10-21(35(14)39(37,38)23-8-5-18(26)13-32-23)22(36)7-4-16-9-15(3-6-20(16)31-2)17-11-33-24(34-12-17)25(28,29)30;1-11-15(21)8-17(28-11)18(29)6-4-13-7-12(3-5-16(13)25-2)14-9-26-19(27-10-14)20(22,23)24;6-11(9,10)5-2-1-4(7)3-8-5;/h3,5-6,8-9,11-14,19,21H,4,7,10H2,1H3;3,5,7,9-11,15,17,28H,4,6,8H2,1H3;1-3H;1H/t14-,19+,21-;11-,15+,17-;;/m00../s1. The predicted octanol–water partition coefficient (Wildman–Crippen LogP) is 10.8. The number of pyridine rings is 2. The Labute approximate surface area is 461 Å². The fraction of sp³-hybridized carbons (Fsp3) is 0.320. The normalized spacial score (nSPS) is 19.2. The minimum absolute atomic E-state index is 0. The van der Waals surface area contributed by atoms with Crippen molar-refractivity contribution in [1.29, 1.82) is 0 Å². The predicted molar refractivity (Wildman–Crippen MR) is 270 cm³/mol. The molecule has 2 aromatic carbocycles. The highest BCUT2D eigenvalue weighted by molar-refractivity contribution is 8.13. The molecule has 1 N–H and O–H groups in total. The summed E-state index contributed by atoms with van der Waals surface area (Å²) in [5.74, 6) is -4.62. The van der Waals surface area contributed by atoms with Gasteiger partial charge >= 0.3 is 12.4 Å². The summed E-state index contributed by atoms with van der Waals surface area (Å²) in [7, 11) is -3.36. The molecule has 2 fully saturated rings. The van der Waals surface area contributed by atoms with E-state index in [4.69, 9.17) is 23.8 Å². The van der Waals surface area contributed by atoms with E-state index in [0.717, 1.165) is 59.6 Å². The molecule has 30 heteroatoms. The van der Waals surface area contributed by atoms with Gasteiger partial charge in [-0.2, -0.15) is 30.6 Å². The number of carbonyl (C=O) groups excluding carboxylic acids is 2. The van der Waals surface area contributed by atoms with E-state index in [-0.39, 0.29) is 79.0 Å². The van der Waals surface area contributed by atoms with Crippen molar-refractivity contribution in [3.8, 4) is 22.3 Å². The van der Waals surface area contributed by atoms with Gasteiger partial charge < -0.3 is 5.32 Å². The van der Waals surface area contributed by atoms with Crippen LogP contribution in [-0.2, 0) is 53.9 Å². The third-order valence-corrected chi connectivity index (χ3v) is 15.4. The Balaban J connectivity index is 0.000000251. The lowest BCUT2D eigenvalue weighted by Gasteiger charge is -2.26. The number of ketones is 2. The molecule has 0 aliphatic carbocycles. The van der Waals surface area contributed by atoms with Crippen molar-refractivity contribution in [2.45, 2.75) is 111 Å². The van der Waals surface area contributed by atoms with Gasteiger partial charge in [0.15, 0.2) is 27.2 Å². The first-order valence-electron chi connectivity index (χ1n) is 23.1. The molecule has 0 unspecified atom stereocenters. The molecule has 4 aromatic heterocycles. The molecule has 16 nitrogen and oxygen atoms in total. The number of halogens is 12. The fourth-order valence-corrected chi connectivity index (χ4v) is 10.6. The van der Waals surface area contributed by atoms with Crippen LogP contribution in [0.15, 0.2) is 108 Å². The van der Waals surface area contributed by atoms with E-state index < -0.39 is 96.0 Å². The van der Waals surface area contributed by atoms with Crippen molar-refractivity contribution in [2.75, 3.05) is 0 Å². The number of alkyl halides is 8. The van der Waals surface area contributed by atoms with Gasteiger partial charge in [-0.25, -0.2) is 74.0 Å². The van der Waals surface area contributed by atoms with E-state index in [0.29, 0.717) is 39.7 Å². The van der Waals surface area contributed by atoms with Crippen LogP contribution in [0.25, 0.3) is 31.9 Å². The molecule has 2 aliphatic rings. The minimum Gasteiger partial charge on any atom is -0.302 e. The molecule has 0 amide bonds. The fourth-order valence-electron chi connectivity index (χ4n) is 8.14. The summed E-state index contributed by atoms with van der Waals surface area (Å²) in [6.45, 7) is 17.7. The van der Waals surface area contributed by atoms with Gasteiger partial charge in [0, 0.05) is 78.3 Å². The Morgan fingerprint density at radius 1 is 0.637 bits per heavy atom. The summed E-state index contributed by atoms with van der Waals surface area (Å²) >= 11 is 0. The molecule has 0 radical (unpaired) electrons. The van der Waals surface area contributed by atoms with Crippen LogP contribution in [0.1, 0.15) is 62.3 Å². The zero-order chi connectivity index (χ0) is 58.2. The van der Waals surface area contributed by atoms with E-state index in [1.54, 1.807) is 25.1 Å². The molecule has 8 rings (SSSR count). The Bertz CT molecular complexity index is 3480. The highest BCUT2D eigenvalue weighted by Crippen LogP contribution is 2.36. The maximum Gasteiger partial charge on any atom is 0.451 e. The van der Waals surface area contributed by atoms with E-state index in [1.165, 1.54) is 25.1 Å². The smallest absolute Gasteiger partial charge is 0.302 e. The number of hydrogen-bond acceptors (Lipinski definition) is 13. The first-order valence-corrected chi connectivity index (χ1v) is 26.9. The molecule has 0 bridgehead atoms. The Kier molecular flexibility index (Phi) is 21.1. The largest absolute Gasteiger partial charge is 0.451 e. The summed E-state index contributed by atoms with van der Waals surface area (Å²) in [5.41, 5.74) is 3.08. The SMILES string of the molecule is Cl.O=S(=O)(Cl)c1ccc(F)cn1.[C-]#[N+]c1ccc(-c2cnc(C(F)(F)F)nc2)cc1CCC(=O)[C@@H]1C[C@@H](F)[C@H](C)N1.[C-]#[N+]c1ccc(-c2cnc(C(F)(F)F)nc2)cc1CCC(=O)[C@@H]1C[C@@H](F)[C@H](C)N1S(=O)(=O)c1ccc(F)cn1. The third-order valence-electron chi connectivity index (χ3n) is 12.3. The first kappa shape index (κ1) is 63.7. The number of aromatic nitrogens is 6. The average molecular weight is 1200 g/mol. The number of sulfonamides is 1. The van der Waals surface area contributed by atoms with Crippen LogP contribution in [0.4, 0.5) is 55.3 Å².